The number of likely N-dealkylation sites (tertiary alicyclic amines) is 1. The molecule has 3 rings (SSSR count). The van der Waals surface area contributed by atoms with Crippen LogP contribution in [0.1, 0.15) is 6.42 Å². The van der Waals surface area contributed by atoms with Crippen LogP contribution in [-0.2, 0) is 4.79 Å². The fraction of sp³-hybridized carbons (Fsp3) is 0.308. The van der Waals surface area contributed by atoms with Crippen molar-refractivity contribution in [1.29, 1.82) is 0 Å². The van der Waals surface area contributed by atoms with Crippen molar-refractivity contribution in [2.24, 2.45) is 0 Å². The molecule has 0 radical (unpaired) electrons. The van der Waals surface area contributed by atoms with E-state index in [0.717, 1.165) is 0 Å². The second-order valence-corrected chi connectivity index (χ2v) is 5.54. The van der Waals surface area contributed by atoms with Gasteiger partial charge in [0.2, 0.25) is 0 Å². The first kappa shape index (κ1) is 13.7. The van der Waals surface area contributed by atoms with Crippen LogP contribution in [0.3, 0.4) is 0 Å². The van der Waals surface area contributed by atoms with Crippen LogP contribution in [0.25, 0.3) is 0 Å². The molecular formula is C13H13ClN4O3. The lowest BCUT2D eigenvalue weighted by molar-refractivity contribution is -0.123. The van der Waals surface area contributed by atoms with Crippen LogP contribution in [-0.4, -0.2) is 41.5 Å². The van der Waals surface area contributed by atoms with Crippen LogP contribution >= 0.6 is 11.6 Å². The summed E-state index contributed by atoms with van der Waals surface area (Å²) in [5.74, 6) is -0.380. The van der Waals surface area contributed by atoms with E-state index in [-0.39, 0.29) is 18.5 Å². The first-order valence-corrected chi connectivity index (χ1v) is 6.81. The number of nitrogens with one attached hydrogen (secondary N) is 3. The van der Waals surface area contributed by atoms with Gasteiger partial charge in [-0.05, 0) is 30.7 Å². The number of carbonyl (C=O) groups excluding carboxylic acids is 3. The summed E-state index contributed by atoms with van der Waals surface area (Å²) >= 11 is 5.78. The van der Waals surface area contributed by atoms with Gasteiger partial charge in [-0.2, -0.15) is 0 Å². The summed E-state index contributed by atoms with van der Waals surface area (Å²) in [6.45, 7) is 0.553. The number of hydrogen-bond acceptors (Lipinski definition) is 3. The van der Waals surface area contributed by atoms with Crippen molar-refractivity contribution < 1.29 is 14.4 Å². The highest BCUT2D eigenvalue weighted by Crippen LogP contribution is 2.25. The molecule has 1 aromatic carbocycles. The number of anilines is 1. The van der Waals surface area contributed by atoms with Crippen LogP contribution in [0.4, 0.5) is 15.3 Å². The Morgan fingerprint density at radius 1 is 1.29 bits per heavy atom. The third-order valence-corrected chi connectivity index (χ3v) is 3.92. The van der Waals surface area contributed by atoms with Crippen molar-refractivity contribution in [2.45, 2.75) is 12.0 Å². The van der Waals surface area contributed by atoms with E-state index in [9.17, 15) is 14.4 Å². The highest BCUT2D eigenvalue weighted by molar-refractivity contribution is 6.30. The van der Waals surface area contributed by atoms with Crippen molar-refractivity contribution in [1.82, 2.24) is 15.5 Å². The molecule has 2 fully saturated rings. The zero-order valence-corrected chi connectivity index (χ0v) is 11.7. The maximum atomic E-state index is 12.2. The monoisotopic (exact) mass is 308 g/mol. The molecule has 0 aliphatic carbocycles. The molecule has 0 aromatic heterocycles. The maximum Gasteiger partial charge on any atom is 0.322 e. The summed E-state index contributed by atoms with van der Waals surface area (Å²) in [5, 5.41) is 8.11. The van der Waals surface area contributed by atoms with Gasteiger partial charge in [0.1, 0.15) is 5.54 Å². The predicted molar refractivity (Wildman–Crippen MR) is 76.1 cm³/mol. The number of imide groups is 1. The highest BCUT2D eigenvalue weighted by atomic mass is 35.5. The Morgan fingerprint density at radius 3 is 2.62 bits per heavy atom. The second kappa shape index (κ2) is 4.92. The summed E-state index contributed by atoms with van der Waals surface area (Å²) in [4.78, 5) is 36.7. The summed E-state index contributed by atoms with van der Waals surface area (Å²) in [7, 11) is 0. The Hall–Kier alpha value is -2.28. The Labute approximate surface area is 125 Å². The minimum absolute atomic E-state index is 0.157. The minimum atomic E-state index is -0.992. The lowest BCUT2D eigenvalue weighted by Crippen LogP contribution is -2.50. The number of carbonyl (C=O) groups is 3. The van der Waals surface area contributed by atoms with E-state index in [1.807, 2.05) is 0 Å². The van der Waals surface area contributed by atoms with E-state index in [4.69, 9.17) is 11.6 Å². The van der Waals surface area contributed by atoms with Gasteiger partial charge in [0.05, 0.1) is 6.54 Å². The SMILES string of the molecule is O=C1NC(=O)C2(CCN(C(=O)Nc3ccc(Cl)cc3)C2)N1. The Balaban J connectivity index is 1.66. The third-order valence-electron chi connectivity index (χ3n) is 3.67. The number of benzene rings is 1. The summed E-state index contributed by atoms with van der Waals surface area (Å²) in [6, 6.07) is 5.90. The van der Waals surface area contributed by atoms with Crippen LogP contribution in [0, 0.1) is 0 Å². The molecule has 5 amide bonds. The Morgan fingerprint density at radius 2 is 2.00 bits per heavy atom. The van der Waals surface area contributed by atoms with Gasteiger partial charge in [-0.1, -0.05) is 11.6 Å². The van der Waals surface area contributed by atoms with Gasteiger partial charge in [-0.25, -0.2) is 9.59 Å². The molecule has 1 atom stereocenters. The molecule has 3 N–H and O–H groups in total. The smallest absolute Gasteiger partial charge is 0.322 e. The molecule has 110 valence electrons. The lowest BCUT2D eigenvalue weighted by Gasteiger charge is -2.21. The van der Waals surface area contributed by atoms with Crippen LogP contribution in [0.5, 0.6) is 0 Å². The summed E-state index contributed by atoms with van der Waals surface area (Å²) in [6.07, 6.45) is 0.401. The molecule has 0 bridgehead atoms. The Bertz CT molecular complexity index is 618. The zero-order chi connectivity index (χ0) is 15.0. The van der Waals surface area contributed by atoms with Gasteiger partial charge in [0.25, 0.3) is 5.91 Å². The van der Waals surface area contributed by atoms with Gasteiger partial charge < -0.3 is 15.5 Å². The molecule has 2 saturated heterocycles. The van der Waals surface area contributed by atoms with Crippen LogP contribution in [0.15, 0.2) is 24.3 Å². The lowest BCUT2D eigenvalue weighted by atomic mass is 10.00. The second-order valence-electron chi connectivity index (χ2n) is 5.10. The molecule has 2 aliphatic rings. The molecule has 1 unspecified atom stereocenters. The largest absolute Gasteiger partial charge is 0.322 e. The van der Waals surface area contributed by atoms with Crippen molar-refractivity contribution in [2.75, 3.05) is 18.4 Å². The van der Waals surface area contributed by atoms with Crippen molar-refractivity contribution >= 4 is 35.3 Å². The van der Waals surface area contributed by atoms with Gasteiger partial charge in [-0.3, -0.25) is 10.1 Å². The zero-order valence-electron chi connectivity index (χ0n) is 11.0. The first-order valence-electron chi connectivity index (χ1n) is 6.44. The van der Waals surface area contributed by atoms with E-state index in [2.05, 4.69) is 16.0 Å². The molecule has 8 heteroatoms. The maximum absolute atomic E-state index is 12.2. The van der Waals surface area contributed by atoms with E-state index in [1.54, 1.807) is 24.3 Å². The topological polar surface area (TPSA) is 90.5 Å². The number of amides is 5. The normalized spacial score (nSPS) is 24.1. The molecule has 7 nitrogen and oxygen atoms in total. The predicted octanol–water partition coefficient (Wildman–Crippen LogP) is 1.16. The molecule has 2 heterocycles. The number of urea groups is 2. The van der Waals surface area contributed by atoms with E-state index >= 15 is 0 Å². The molecule has 2 aliphatic heterocycles. The Kier molecular flexibility index (Phi) is 3.21. The third kappa shape index (κ3) is 2.52. The standard InChI is InChI=1S/C13H13ClN4O3/c14-8-1-3-9(4-2-8)15-12(21)18-6-5-13(7-18)10(19)16-11(20)17-13/h1-4H,5-7H2,(H,15,21)(H2,16,17,19,20). The average Bonchev–Trinajstić information content (AvgIpc) is 2.97. The first-order chi connectivity index (χ1) is 9.98. The molecular weight excluding hydrogens is 296 g/mol. The van der Waals surface area contributed by atoms with Gasteiger partial charge in [-0.15, -0.1) is 0 Å². The van der Waals surface area contributed by atoms with Crippen molar-refractivity contribution in [3.05, 3.63) is 29.3 Å². The average molecular weight is 309 g/mol. The van der Waals surface area contributed by atoms with Crippen molar-refractivity contribution in [3.63, 3.8) is 0 Å². The molecule has 1 spiro atoms. The van der Waals surface area contributed by atoms with Gasteiger partial charge in [0, 0.05) is 17.3 Å². The fourth-order valence-electron chi connectivity index (χ4n) is 2.53. The molecule has 1 aromatic rings. The van der Waals surface area contributed by atoms with E-state index < -0.39 is 11.6 Å². The highest BCUT2D eigenvalue weighted by Gasteiger charge is 2.51. The number of rotatable bonds is 1. The number of halogens is 1. The summed E-state index contributed by atoms with van der Waals surface area (Å²) < 4.78 is 0. The van der Waals surface area contributed by atoms with Crippen LogP contribution in [0.2, 0.25) is 5.02 Å². The molecule has 21 heavy (non-hydrogen) atoms. The van der Waals surface area contributed by atoms with Gasteiger partial charge in [0.15, 0.2) is 0 Å². The van der Waals surface area contributed by atoms with Crippen molar-refractivity contribution in [3.8, 4) is 0 Å². The fourth-order valence-corrected chi connectivity index (χ4v) is 2.66. The van der Waals surface area contributed by atoms with Gasteiger partial charge >= 0.3 is 12.1 Å². The quantitative estimate of drug-likeness (QED) is 0.680. The summed E-state index contributed by atoms with van der Waals surface area (Å²) in [5.41, 5.74) is -0.376. The number of nitrogens with zero attached hydrogens (tertiary/aromatic N) is 1. The van der Waals surface area contributed by atoms with Crippen LogP contribution < -0.4 is 16.0 Å². The number of hydrogen-bond donors (Lipinski definition) is 3. The minimum Gasteiger partial charge on any atom is -0.322 e. The molecule has 0 saturated carbocycles. The van der Waals surface area contributed by atoms with E-state index in [0.29, 0.717) is 23.7 Å². The van der Waals surface area contributed by atoms with E-state index in [1.165, 1.54) is 4.90 Å².